The molecule has 0 heterocycles. The molecule has 4 heteroatoms. The van der Waals surface area contributed by atoms with Gasteiger partial charge in [0.1, 0.15) is 12.2 Å². The van der Waals surface area contributed by atoms with Crippen LogP contribution in [0, 0.1) is 5.92 Å². The van der Waals surface area contributed by atoms with Gasteiger partial charge in [0.25, 0.3) is 0 Å². The van der Waals surface area contributed by atoms with Crippen LogP contribution in [0.4, 0.5) is 0 Å². The zero-order chi connectivity index (χ0) is 18.5. The molecule has 2 N–H and O–H groups in total. The summed E-state index contributed by atoms with van der Waals surface area (Å²) in [6.45, 7) is 4.58. The van der Waals surface area contributed by atoms with Crippen molar-refractivity contribution in [2.75, 3.05) is 0 Å². The molecule has 3 unspecified atom stereocenters. The van der Waals surface area contributed by atoms with Crippen LogP contribution in [0.5, 0.6) is 0 Å². The van der Waals surface area contributed by atoms with E-state index >= 15 is 0 Å². The molecule has 0 radical (unpaired) electrons. The zero-order valence-electron chi connectivity index (χ0n) is 16.4. The highest BCUT2D eigenvalue weighted by molar-refractivity contribution is 5.69. The van der Waals surface area contributed by atoms with Crippen LogP contribution in [0.1, 0.15) is 104 Å². The third-order valence-corrected chi connectivity index (χ3v) is 5.21. The number of aliphatic hydroxyl groups excluding tert-OH is 2. The van der Waals surface area contributed by atoms with Crippen molar-refractivity contribution in [2.24, 2.45) is 5.92 Å². The topological polar surface area (TPSA) is 66.8 Å². The fourth-order valence-electron chi connectivity index (χ4n) is 3.53. The van der Waals surface area contributed by atoms with Crippen molar-refractivity contribution in [3.63, 3.8) is 0 Å². The van der Waals surface area contributed by atoms with Gasteiger partial charge in [-0.1, -0.05) is 71.6 Å². The van der Waals surface area contributed by atoms with Crippen molar-refractivity contribution in [3.05, 3.63) is 0 Å². The van der Waals surface area contributed by atoms with E-state index in [1.807, 2.05) is 0 Å². The standard InChI is InChI=1S/C21H40O4/c1-17(2)13-10-8-6-4-3-5-7-9-11-16-20(23)25-19-15-12-14-18(22)21(19)24/h17-19,21-22,24H,3-16H2,1-2H3. The van der Waals surface area contributed by atoms with E-state index in [1.165, 1.54) is 51.4 Å². The molecular formula is C21H40O4. The molecule has 25 heavy (non-hydrogen) atoms. The average Bonchev–Trinajstić information content (AvgIpc) is 2.56. The number of rotatable bonds is 13. The minimum absolute atomic E-state index is 0.233. The second-order valence-electron chi connectivity index (χ2n) is 8.13. The molecule has 1 rings (SSSR count). The fraction of sp³-hybridized carbons (Fsp3) is 0.952. The minimum atomic E-state index is -0.918. The van der Waals surface area contributed by atoms with E-state index < -0.39 is 18.3 Å². The Morgan fingerprint density at radius 3 is 2.08 bits per heavy atom. The highest BCUT2D eigenvalue weighted by Crippen LogP contribution is 2.22. The largest absolute Gasteiger partial charge is 0.459 e. The summed E-state index contributed by atoms with van der Waals surface area (Å²) in [5, 5.41) is 19.4. The lowest BCUT2D eigenvalue weighted by Crippen LogP contribution is -2.43. The first-order chi connectivity index (χ1) is 12.0. The summed E-state index contributed by atoms with van der Waals surface area (Å²) < 4.78 is 5.32. The van der Waals surface area contributed by atoms with Gasteiger partial charge in [0.05, 0.1) is 6.10 Å². The maximum absolute atomic E-state index is 11.8. The van der Waals surface area contributed by atoms with E-state index in [1.54, 1.807) is 0 Å². The number of carbonyl (C=O) groups is 1. The average molecular weight is 357 g/mol. The Hall–Kier alpha value is -0.610. The van der Waals surface area contributed by atoms with E-state index in [0.29, 0.717) is 19.3 Å². The quantitative estimate of drug-likeness (QED) is 0.369. The van der Waals surface area contributed by atoms with Gasteiger partial charge in [-0.2, -0.15) is 0 Å². The summed E-state index contributed by atoms with van der Waals surface area (Å²) in [4.78, 5) is 11.8. The normalized spacial score (nSPS) is 23.8. The van der Waals surface area contributed by atoms with Crippen LogP contribution in [0.3, 0.4) is 0 Å². The van der Waals surface area contributed by atoms with Gasteiger partial charge in [-0.15, -0.1) is 0 Å². The molecule has 1 aliphatic rings. The lowest BCUT2D eigenvalue weighted by molar-refractivity contribution is -0.164. The maximum atomic E-state index is 11.8. The molecule has 0 aromatic heterocycles. The smallest absolute Gasteiger partial charge is 0.306 e. The summed E-state index contributed by atoms with van der Waals surface area (Å²) in [6.07, 6.45) is 12.7. The number of esters is 1. The van der Waals surface area contributed by atoms with Gasteiger partial charge in [-0.3, -0.25) is 4.79 Å². The number of aliphatic hydroxyl groups is 2. The molecular weight excluding hydrogens is 316 g/mol. The van der Waals surface area contributed by atoms with E-state index in [-0.39, 0.29) is 5.97 Å². The van der Waals surface area contributed by atoms with Crippen LogP contribution >= 0.6 is 0 Å². The van der Waals surface area contributed by atoms with Crippen molar-refractivity contribution in [1.82, 2.24) is 0 Å². The Bertz CT molecular complexity index is 343. The number of ether oxygens (including phenoxy) is 1. The van der Waals surface area contributed by atoms with Crippen LogP contribution in [-0.2, 0) is 9.53 Å². The minimum Gasteiger partial charge on any atom is -0.459 e. The van der Waals surface area contributed by atoms with Crippen molar-refractivity contribution < 1.29 is 19.7 Å². The molecule has 148 valence electrons. The van der Waals surface area contributed by atoms with Gasteiger partial charge in [0.15, 0.2) is 0 Å². The number of unbranched alkanes of at least 4 members (excludes halogenated alkanes) is 8. The zero-order valence-corrected chi connectivity index (χ0v) is 16.4. The van der Waals surface area contributed by atoms with Crippen LogP contribution in [0.25, 0.3) is 0 Å². The van der Waals surface area contributed by atoms with Crippen LogP contribution in [-0.4, -0.2) is 34.5 Å². The van der Waals surface area contributed by atoms with E-state index in [9.17, 15) is 15.0 Å². The molecule has 4 nitrogen and oxygen atoms in total. The summed E-state index contributed by atoms with van der Waals surface area (Å²) in [6, 6.07) is 0. The predicted octanol–water partition coefficient (Wildman–Crippen LogP) is 4.75. The first kappa shape index (κ1) is 22.4. The highest BCUT2D eigenvalue weighted by Gasteiger charge is 2.32. The Balaban J connectivity index is 1.90. The molecule has 0 saturated heterocycles. The second kappa shape index (κ2) is 13.6. The number of carbonyl (C=O) groups excluding carboxylic acids is 1. The van der Waals surface area contributed by atoms with Crippen LogP contribution < -0.4 is 0 Å². The molecule has 3 atom stereocenters. The molecule has 0 amide bonds. The molecule has 1 fully saturated rings. The van der Waals surface area contributed by atoms with E-state index in [2.05, 4.69) is 13.8 Å². The molecule has 0 aromatic carbocycles. The molecule has 1 saturated carbocycles. The van der Waals surface area contributed by atoms with E-state index in [0.717, 1.165) is 25.2 Å². The molecule has 0 bridgehead atoms. The van der Waals surface area contributed by atoms with Gasteiger partial charge in [-0.05, 0) is 31.6 Å². The van der Waals surface area contributed by atoms with Crippen molar-refractivity contribution in [1.29, 1.82) is 0 Å². The fourth-order valence-corrected chi connectivity index (χ4v) is 3.53. The summed E-state index contributed by atoms with van der Waals surface area (Å²) in [5.41, 5.74) is 0. The third kappa shape index (κ3) is 10.9. The second-order valence-corrected chi connectivity index (χ2v) is 8.13. The highest BCUT2D eigenvalue weighted by atomic mass is 16.6. The first-order valence-corrected chi connectivity index (χ1v) is 10.6. The van der Waals surface area contributed by atoms with Crippen molar-refractivity contribution in [2.45, 2.75) is 122 Å². The van der Waals surface area contributed by atoms with Gasteiger partial charge in [-0.25, -0.2) is 0 Å². The number of hydrogen-bond donors (Lipinski definition) is 2. The molecule has 0 aromatic rings. The molecule has 0 spiro atoms. The molecule has 0 aliphatic heterocycles. The lowest BCUT2D eigenvalue weighted by Gasteiger charge is -2.31. The Labute approximate surface area is 154 Å². The Morgan fingerprint density at radius 1 is 0.920 bits per heavy atom. The monoisotopic (exact) mass is 356 g/mol. The van der Waals surface area contributed by atoms with Gasteiger partial charge < -0.3 is 14.9 Å². The SMILES string of the molecule is CC(C)CCCCCCCCCCCC(=O)OC1CCCC(O)C1O. The Kier molecular flexibility index (Phi) is 12.2. The summed E-state index contributed by atoms with van der Waals surface area (Å²) in [7, 11) is 0. The van der Waals surface area contributed by atoms with Gasteiger partial charge in [0.2, 0.25) is 0 Å². The first-order valence-electron chi connectivity index (χ1n) is 10.6. The Morgan fingerprint density at radius 2 is 1.48 bits per heavy atom. The predicted molar refractivity (Wildman–Crippen MR) is 101 cm³/mol. The van der Waals surface area contributed by atoms with Gasteiger partial charge in [0, 0.05) is 6.42 Å². The lowest BCUT2D eigenvalue weighted by atomic mass is 9.92. The molecule has 1 aliphatic carbocycles. The van der Waals surface area contributed by atoms with Crippen LogP contribution in [0.15, 0.2) is 0 Å². The summed E-state index contributed by atoms with van der Waals surface area (Å²) >= 11 is 0. The van der Waals surface area contributed by atoms with Gasteiger partial charge >= 0.3 is 5.97 Å². The van der Waals surface area contributed by atoms with E-state index in [4.69, 9.17) is 4.74 Å². The van der Waals surface area contributed by atoms with Crippen molar-refractivity contribution in [3.8, 4) is 0 Å². The maximum Gasteiger partial charge on any atom is 0.306 e. The number of hydrogen-bond acceptors (Lipinski definition) is 4. The van der Waals surface area contributed by atoms with Crippen LogP contribution in [0.2, 0.25) is 0 Å². The third-order valence-electron chi connectivity index (χ3n) is 5.21. The van der Waals surface area contributed by atoms with Crippen molar-refractivity contribution >= 4 is 5.97 Å². The summed E-state index contributed by atoms with van der Waals surface area (Å²) in [5.74, 6) is 0.599.